The second kappa shape index (κ2) is 4.78. The van der Waals surface area contributed by atoms with Gasteiger partial charge in [0, 0.05) is 6.20 Å². The van der Waals surface area contributed by atoms with E-state index in [1.165, 1.54) is 6.92 Å². The summed E-state index contributed by atoms with van der Waals surface area (Å²) in [5, 5.41) is 0. The van der Waals surface area contributed by atoms with Crippen LogP contribution >= 0.6 is 0 Å². The van der Waals surface area contributed by atoms with Crippen LogP contribution in [0.3, 0.4) is 0 Å². The van der Waals surface area contributed by atoms with Crippen LogP contribution < -0.4 is 5.73 Å². The molecule has 1 heterocycles. The van der Waals surface area contributed by atoms with Crippen LogP contribution in [-0.2, 0) is 6.18 Å². The molecule has 0 unspecified atom stereocenters. The van der Waals surface area contributed by atoms with Crippen LogP contribution in [0.2, 0.25) is 0 Å². The molecule has 0 amide bonds. The van der Waals surface area contributed by atoms with Crippen molar-refractivity contribution in [3.63, 3.8) is 0 Å². The van der Waals surface area contributed by atoms with Gasteiger partial charge in [-0.3, -0.25) is 0 Å². The van der Waals surface area contributed by atoms with E-state index in [0.29, 0.717) is 6.20 Å². The second-order valence-corrected chi connectivity index (χ2v) is 2.21. The molecule has 14 heavy (non-hydrogen) atoms. The van der Waals surface area contributed by atoms with Gasteiger partial charge >= 0.3 is 6.18 Å². The molecule has 0 radical (unpaired) electrons. The number of nitrogens with two attached hydrogens (primary N) is 1. The summed E-state index contributed by atoms with van der Waals surface area (Å²) in [6, 6.07) is 0. The molecule has 0 atom stereocenters. The minimum absolute atomic E-state index is 0.223. The number of aryl methyl sites for hydroxylation is 1. The topological polar surface area (TPSA) is 51.8 Å². The van der Waals surface area contributed by atoms with Crippen molar-refractivity contribution in [2.45, 2.75) is 26.9 Å². The van der Waals surface area contributed by atoms with Gasteiger partial charge in [-0.1, -0.05) is 13.8 Å². The SMILES string of the molecule is CC.Cc1ncc(C(F)(F)F)c(N)n1. The largest absolute Gasteiger partial charge is 0.421 e. The summed E-state index contributed by atoms with van der Waals surface area (Å²) in [6.45, 7) is 5.47. The molecule has 6 heteroatoms. The summed E-state index contributed by atoms with van der Waals surface area (Å²) in [5.41, 5.74) is 4.04. The number of hydrogen-bond acceptors (Lipinski definition) is 3. The van der Waals surface area contributed by atoms with Gasteiger partial charge < -0.3 is 5.73 Å². The number of nitrogen functional groups attached to an aromatic ring is 1. The van der Waals surface area contributed by atoms with E-state index in [1.807, 2.05) is 13.8 Å². The first-order valence-corrected chi connectivity index (χ1v) is 4.07. The summed E-state index contributed by atoms with van der Waals surface area (Å²) in [6.07, 6.45) is -3.80. The Kier molecular flexibility index (Phi) is 4.33. The van der Waals surface area contributed by atoms with Crippen molar-refractivity contribution in [2.75, 3.05) is 5.73 Å². The van der Waals surface area contributed by atoms with Crippen molar-refractivity contribution in [2.24, 2.45) is 0 Å². The molecule has 2 N–H and O–H groups in total. The number of rotatable bonds is 0. The molecule has 0 bridgehead atoms. The minimum atomic E-state index is -4.47. The van der Waals surface area contributed by atoms with Gasteiger partial charge in [-0.05, 0) is 6.92 Å². The van der Waals surface area contributed by atoms with E-state index >= 15 is 0 Å². The molecule has 1 aromatic heterocycles. The first-order valence-electron chi connectivity index (χ1n) is 4.07. The molecule has 0 saturated heterocycles. The van der Waals surface area contributed by atoms with Gasteiger partial charge in [0.2, 0.25) is 0 Å². The molecular formula is C8H12F3N3. The average Bonchev–Trinajstić information content (AvgIpc) is 2.05. The third-order valence-corrected chi connectivity index (χ3v) is 1.24. The van der Waals surface area contributed by atoms with E-state index in [2.05, 4.69) is 9.97 Å². The van der Waals surface area contributed by atoms with Crippen LogP contribution in [0.4, 0.5) is 19.0 Å². The number of nitrogens with zero attached hydrogens (tertiary/aromatic N) is 2. The highest BCUT2D eigenvalue weighted by atomic mass is 19.4. The first kappa shape index (κ1) is 12.7. The average molecular weight is 207 g/mol. The highest BCUT2D eigenvalue weighted by molar-refractivity contribution is 5.39. The smallest absolute Gasteiger partial charge is 0.383 e. The van der Waals surface area contributed by atoms with Crippen molar-refractivity contribution >= 4 is 5.82 Å². The van der Waals surface area contributed by atoms with Crippen LogP contribution in [0.15, 0.2) is 6.20 Å². The Morgan fingerprint density at radius 3 is 2.14 bits per heavy atom. The zero-order valence-corrected chi connectivity index (χ0v) is 8.18. The molecule has 3 nitrogen and oxygen atoms in total. The Labute approximate surface area is 80.2 Å². The zero-order chi connectivity index (χ0) is 11.4. The van der Waals surface area contributed by atoms with Crippen LogP contribution in [0.25, 0.3) is 0 Å². The Hall–Kier alpha value is -1.33. The van der Waals surface area contributed by atoms with Gasteiger partial charge in [-0.25, -0.2) is 9.97 Å². The summed E-state index contributed by atoms with van der Waals surface area (Å²) in [5.74, 6) is -0.310. The van der Waals surface area contributed by atoms with Crippen molar-refractivity contribution < 1.29 is 13.2 Å². The predicted octanol–water partition coefficient (Wildman–Crippen LogP) is 2.41. The highest BCUT2D eigenvalue weighted by Gasteiger charge is 2.34. The molecule has 0 aliphatic rings. The Bertz CT molecular complexity index is 296. The maximum Gasteiger partial charge on any atom is 0.421 e. The van der Waals surface area contributed by atoms with Gasteiger partial charge in [0.25, 0.3) is 0 Å². The van der Waals surface area contributed by atoms with E-state index in [4.69, 9.17) is 5.73 Å². The molecule has 1 aromatic rings. The van der Waals surface area contributed by atoms with Crippen LogP contribution in [0.1, 0.15) is 25.2 Å². The lowest BCUT2D eigenvalue weighted by molar-refractivity contribution is -0.137. The van der Waals surface area contributed by atoms with Crippen molar-refractivity contribution in [3.05, 3.63) is 17.6 Å². The summed E-state index contributed by atoms with van der Waals surface area (Å²) in [4.78, 5) is 6.78. The quantitative estimate of drug-likeness (QED) is 0.710. The molecule has 0 saturated carbocycles. The Balaban J connectivity index is 0.000000791. The van der Waals surface area contributed by atoms with E-state index in [9.17, 15) is 13.2 Å². The third-order valence-electron chi connectivity index (χ3n) is 1.24. The van der Waals surface area contributed by atoms with E-state index in [0.717, 1.165) is 0 Å². The Morgan fingerprint density at radius 2 is 1.79 bits per heavy atom. The maximum absolute atomic E-state index is 12.0. The van der Waals surface area contributed by atoms with Gasteiger partial charge in [-0.15, -0.1) is 0 Å². The normalized spacial score (nSPS) is 10.4. The van der Waals surface area contributed by atoms with Gasteiger partial charge in [-0.2, -0.15) is 13.2 Å². The Morgan fingerprint density at radius 1 is 1.29 bits per heavy atom. The molecule has 0 spiro atoms. The molecule has 1 rings (SSSR count). The first-order chi connectivity index (χ1) is 6.41. The van der Waals surface area contributed by atoms with Gasteiger partial charge in [0.15, 0.2) is 0 Å². The fraction of sp³-hybridized carbons (Fsp3) is 0.500. The molecule has 80 valence electrons. The lowest BCUT2D eigenvalue weighted by Gasteiger charge is -2.07. The van der Waals surface area contributed by atoms with E-state index < -0.39 is 17.6 Å². The van der Waals surface area contributed by atoms with Crippen LogP contribution in [-0.4, -0.2) is 9.97 Å². The number of halogens is 3. The van der Waals surface area contributed by atoms with E-state index in [1.54, 1.807) is 0 Å². The lowest BCUT2D eigenvalue weighted by Crippen LogP contribution is -2.11. The van der Waals surface area contributed by atoms with Crippen molar-refractivity contribution in [1.29, 1.82) is 0 Å². The molecular weight excluding hydrogens is 195 g/mol. The lowest BCUT2D eigenvalue weighted by atomic mass is 10.3. The number of hydrogen-bond donors (Lipinski definition) is 1. The van der Waals surface area contributed by atoms with Crippen molar-refractivity contribution in [3.8, 4) is 0 Å². The molecule has 0 fully saturated rings. The van der Waals surface area contributed by atoms with Crippen LogP contribution in [0, 0.1) is 6.92 Å². The predicted molar refractivity (Wildman–Crippen MR) is 47.5 cm³/mol. The minimum Gasteiger partial charge on any atom is -0.383 e. The van der Waals surface area contributed by atoms with Gasteiger partial charge in [0.05, 0.1) is 0 Å². The van der Waals surface area contributed by atoms with E-state index in [-0.39, 0.29) is 5.82 Å². The fourth-order valence-corrected chi connectivity index (χ4v) is 0.706. The van der Waals surface area contributed by atoms with Crippen molar-refractivity contribution in [1.82, 2.24) is 9.97 Å². The number of aromatic nitrogens is 2. The molecule has 0 aromatic carbocycles. The highest BCUT2D eigenvalue weighted by Crippen LogP contribution is 2.31. The second-order valence-electron chi connectivity index (χ2n) is 2.21. The van der Waals surface area contributed by atoms with Crippen LogP contribution in [0.5, 0.6) is 0 Å². The fourth-order valence-electron chi connectivity index (χ4n) is 0.706. The number of alkyl halides is 3. The number of anilines is 1. The standard InChI is InChI=1S/C6H6F3N3.C2H6/c1-3-11-2-4(5(10)12-3)6(7,8)9;1-2/h2H,1H3,(H2,10,11,12);1-2H3. The summed E-state index contributed by atoms with van der Waals surface area (Å²) in [7, 11) is 0. The molecule has 0 aliphatic heterocycles. The maximum atomic E-state index is 12.0. The third kappa shape index (κ3) is 3.20. The monoisotopic (exact) mass is 207 g/mol. The molecule has 0 aliphatic carbocycles. The summed E-state index contributed by atoms with van der Waals surface area (Å²) >= 11 is 0. The zero-order valence-electron chi connectivity index (χ0n) is 8.18. The van der Waals surface area contributed by atoms with Gasteiger partial charge in [0.1, 0.15) is 17.2 Å². The summed E-state index contributed by atoms with van der Waals surface area (Å²) < 4.78 is 36.1.